The van der Waals surface area contributed by atoms with E-state index in [0.717, 1.165) is 5.56 Å². The fourth-order valence-electron chi connectivity index (χ4n) is 1.51. The van der Waals surface area contributed by atoms with Gasteiger partial charge in [-0.3, -0.25) is 9.78 Å². The average Bonchev–Trinajstić information content (AvgIpc) is 2.35. The molecule has 5 heteroatoms. The smallest absolute Gasteiger partial charge is 0.256 e. The molecule has 0 aliphatic rings. The topological polar surface area (TPSA) is 42.0 Å². The summed E-state index contributed by atoms with van der Waals surface area (Å²) in [5, 5.41) is 3.70. The van der Waals surface area contributed by atoms with Crippen molar-refractivity contribution in [1.29, 1.82) is 0 Å². The van der Waals surface area contributed by atoms with Crippen molar-refractivity contribution in [2.45, 2.75) is 6.92 Å². The van der Waals surface area contributed by atoms with Gasteiger partial charge >= 0.3 is 0 Å². The molecule has 1 aromatic heterocycles. The number of hydrogen-bond donors (Lipinski definition) is 1. The third-order valence-corrected chi connectivity index (χ3v) is 3.27. The number of anilines is 1. The number of carbonyl (C=O) groups excluding carboxylic acids is 1. The van der Waals surface area contributed by atoms with E-state index in [9.17, 15) is 4.79 Å². The van der Waals surface area contributed by atoms with Gasteiger partial charge < -0.3 is 5.32 Å². The fourth-order valence-corrected chi connectivity index (χ4v) is 1.84. The van der Waals surface area contributed by atoms with E-state index in [1.165, 1.54) is 6.20 Å². The van der Waals surface area contributed by atoms with Crippen molar-refractivity contribution in [3.05, 3.63) is 57.8 Å². The molecule has 1 N–H and O–H groups in total. The number of pyridine rings is 1. The van der Waals surface area contributed by atoms with E-state index in [1.807, 2.05) is 0 Å². The molecule has 0 saturated carbocycles. The SMILES string of the molecule is Cc1c(Cl)cccc1C(=O)Nc1cnccc1Cl. The maximum atomic E-state index is 12.1. The van der Waals surface area contributed by atoms with Gasteiger partial charge in [-0.05, 0) is 30.7 Å². The van der Waals surface area contributed by atoms with Crippen LogP contribution in [-0.4, -0.2) is 10.9 Å². The van der Waals surface area contributed by atoms with E-state index in [-0.39, 0.29) is 5.91 Å². The van der Waals surface area contributed by atoms with Crippen LogP contribution >= 0.6 is 23.2 Å². The standard InChI is InChI=1S/C13H10Cl2N2O/c1-8-9(3-2-4-10(8)14)13(18)17-12-7-16-6-5-11(12)15/h2-7H,1H3,(H,17,18). The molecule has 0 unspecified atom stereocenters. The molecule has 0 aliphatic carbocycles. The van der Waals surface area contributed by atoms with Crippen molar-refractivity contribution in [3.63, 3.8) is 0 Å². The van der Waals surface area contributed by atoms with E-state index in [0.29, 0.717) is 21.3 Å². The van der Waals surface area contributed by atoms with Crippen LogP contribution in [0.2, 0.25) is 10.0 Å². The molecule has 1 heterocycles. The number of nitrogens with one attached hydrogen (secondary N) is 1. The number of rotatable bonds is 2. The van der Waals surface area contributed by atoms with Crippen LogP contribution in [0.25, 0.3) is 0 Å². The maximum absolute atomic E-state index is 12.1. The molecule has 1 aromatic carbocycles. The van der Waals surface area contributed by atoms with E-state index in [4.69, 9.17) is 23.2 Å². The Labute approximate surface area is 115 Å². The quantitative estimate of drug-likeness (QED) is 0.905. The molecular formula is C13H10Cl2N2O. The van der Waals surface area contributed by atoms with Crippen LogP contribution in [0.1, 0.15) is 15.9 Å². The number of amides is 1. The first-order valence-electron chi connectivity index (χ1n) is 5.25. The summed E-state index contributed by atoms with van der Waals surface area (Å²) < 4.78 is 0. The summed E-state index contributed by atoms with van der Waals surface area (Å²) in [6.45, 7) is 1.79. The van der Waals surface area contributed by atoms with Gasteiger partial charge in [-0.25, -0.2) is 0 Å². The Morgan fingerprint density at radius 1 is 1.22 bits per heavy atom. The summed E-state index contributed by atoms with van der Waals surface area (Å²) >= 11 is 11.9. The molecule has 2 rings (SSSR count). The lowest BCUT2D eigenvalue weighted by molar-refractivity contribution is 0.102. The van der Waals surface area contributed by atoms with Crippen molar-refractivity contribution in [1.82, 2.24) is 4.98 Å². The van der Waals surface area contributed by atoms with Crippen LogP contribution in [0, 0.1) is 6.92 Å². The van der Waals surface area contributed by atoms with E-state index >= 15 is 0 Å². The zero-order valence-electron chi connectivity index (χ0n) is 9.58. The number of benzene rings is 1. The number of carbonyl (C=O) groups is 1. The second-order valence-corrected chi connectivity index (χ2v) is 4.54. The Balaban J connectivity index is 2.28. The molecule has 3 nitrogen and oxygen atoms in total. The molecule has 0 radical (unpaired) electrons. The monoisotopic (exact) mass is 280 g/mol. The Bertz CT molecular complexity index is 599. The van der Waals surface area contributed by atoms with Gasteiger partial charge in [-0.1, -0.05) is 29.3 Å². The maximum Gasteiger partial charge on any atom is 0.256 e. The van der Waals surface area contributed by atoms with Gasteiger partial charge in [0.15, 0.2) is 0 Å². The second kappa shape index (κ2) is 5.38. The lowest BCUT2D eigenvalue weighted by atomic mass is 10.1. The highest BCUT2D eigenvalue weighted by Crippen LogP contribution is 2.22. The van der Waals surface area contributed by atoms with Crippen LogP contribution in [-0.2, 0) is 0 Å². The van der Waals surface area contributed by atoms with Crippen LogP contribution < -0.4 is 5.32 Å². The summed E-state index contributed by atoms with van der Waals surface area (Å²) in [7, 11) is 0. The molecular weight excluding hydrogens is 271 g/mol. The lowest BCUT2D eigenvalue weighted by Gasteiger charge is -2.09. The van der Waals surface area contributed by atoms with E-state index < -0.39 is 0 Å². The molecule has 0 atom stereocenters. The molecule has 0 spiro atoms. The molecule has 18 heavy (non-hydrogen) atoms. The highest BCUT2D eigenvalue weighted by molar-refractivity contribution is 6.34. The van der Waals surface area contributed by atoms with Gasteiger partial charge in [0.2, 0.25) is 0 Å². The Hall–Kier alpha value is -1.58. The van der Waals surface area contributed by atoms with Gasteiger partial charge in [-0.15, -0.1) is 0 Å². The summed E-state index contributed by atoms with van der Waals surface area (Å²) in [5.41, 5.74) is 1.72. The van der Waals surface area contributed by atoms with Crippen LogP contribution in [0.15, 0.2) is 36.7 Å². The fraction of sp³-hybridized carbons (Fsp3) is 0.0769. The minimum Gasteiger partial charge on any atom is -0.319 e. The average molecular weight is 281 g/mol. The minimum atomic E-state index is -0.259. The molecule has 0 bridgehead atoms. The molecule has 0 saturated heterocycles. The van der Waals surface area contributed by atoms with E-state index in [2.05, 4.69) is 10.3 Å². The van der Waals surface area contributed by atoms with Crippen LogP contribution in [0.3, 0.4) is 0 Å². The summed E-state index contributed by atoms with van der Waals surface area (Å²) in [6.07, 6.45) is 3.06. The van der Waals surface area contributed by atoms with Crippen molar-refractivity contribution < 1.29 is 4.79 Å². The molecule has 0 aliphatic heterocycles. The summed E-state index contributed by atoms with van der Waals surface area (Å²) in [4.78, 5) is 16.0. The third-order valence-electron chi connectivity index (χ3n) is 2.53. The first-order chi connectivity index (χ1) is 8.59. The highest BCUT2D eigenvalue weighted by atomic mass is 35.5. The van der Waals surface area contributed by atoms with Crippen molar-refractivity contribution in [2.24, 2.45) is 0 Å². The van der Waals surface area contributed by atoms with Gasteiger partial charge in [-0.2, -0.15) is 0 Å². The largest absolute Gasteiger partial charge is 0.319 e. The Morgan fingerprint density at radius 2 is 2.00 bits per heavy atom. The van der Waals surface area contributed by atoms with Gasteiger partial charge in [0.25, 0.3) is 5.91 Å². The minimum absolute atomic E-state index is 0.259. The molecule has 0 fully saturated rings. The molecule has 92 valence electrons. The first kappa shape index (κ1) is 12.9. The normalized spacial score (nSPS) is 10.2. The van der Waals surface area contributed by atoms with Gasteiger partial charge in [0, 0.05) is 16.8 Å². The van der Waals surface area contributed by atoms with Gasteiger partial charge in [0.05, 0.1) is 16.9 Å². The highest BCUT2D eigenvalue weighted by Gasteiger charge is 2.12. The molecule has 2 aromatic rings. The van der Waals surface area contributed by atoms with Gasteiger partial charge in [0.1, 0.15) is 0 Å². The van der Waals surface area contributed by atoms with Crippen molar-refractivity contribution >= 4 is 34.8 Å². The second-order valence-electron chi connectivity index (χ2n) is 3.72. The Morgan fingerprint density at radius 3 is 2.72 bits per heavy atom. The van der Waals surface area contributed by atoms with Crippen molar-refractivity contribution in [3.8, 4) is 0 Å². The summed E-state index contributed by atoms with van der Waals surface area (Å²) in [5.74, 6) is -0.259. The van der Waals surface area contributed by atoms with Crippen molar-refractivity contribution in [2.75, 3.05) is 5.32 Å². The first-order valence-corrected chi connectivity index (χ1v) is 6.01. The van der Waals surface area contributed by atoms with E-state index in [1.54, 1.807) is 37.4 Å². The lowest BCUT2D eigenvalue weighted by Crippen LogP contribution is -2.13. The predicted molar refractivity (Wildman–Crippen MR) is 73.4 cm³/mol. The zero-order valence-corrected chi connectivity index (χ0v) is 11.1. The number of nitrogens with zero attached hydrogens (tertiary/aromatic N) is 1. The Kier molecular flexibility index (Phi) is 3.84. The number of hydrogen-bond acceptors (Lipinski definition) is 2. The van der Waals surface area contributed by atoms with Crippen LogP contribution in [0.5, 0.6) is 0 Å². The predicted octanol–water partition coefficient (Wildman–Crippen LogP) is 3.95. The molecule has 1 amide bonds. The summed E-state index contributed by atoms with van der Waals surface area (Å²) in [6, 6.07) is 6.79. The van der Waals surface area contributed by atoms with Crippen LogP contribution in [0.4, 0.5) is 5.69 Å². The third kappa shape index (κ3) is 2.63. The number of aromatic nitrogens is 1. The zero-order chi connectivity index (χ0) is 13.1. The number of halogens is 2.